The van der Waals surface area contributed by atoms with Gasteiger partial charge in [0.2, 0.25) is 0 Å². The summed E-state index contributed by atoms with van der Waals surface area (Å²) < 4.78 is 12.8. The number of benzene rings is 1. The lowest BCUT2D eigenvalue weighted by Crippen LogP contribution is -2.35. The number of hydrogen-bond acceptors (Lipinski definition) is 3. The molecule has 0 spiro atoms. The fourth-order valence-electron chi connectivity index (χ4n) is 2.24. The van der Waals surface area contributed by atoms with Crippen LogP contribution in [0.5, 0.6) is 0 Å². The SMILES string of the molecule is CN(CCN1CCCNCC1)c1ccc(F)cc1. The van der Waals surface area contributed by atoms with Gasteiger partial charge in [0, 0.05) is 38.9 Å². The van der Waals surface area contributed by atoms with Crippen LogP contribution in [0.4, 0.5) is 10.1 Å². The number of rotatable bonds is 4. The number of hydrogen-bond donors (Lipinski definition) is 1. The Balaban J connectivity index is 1.80. The van der Waals surface area contributed by atoms with Gasteiger partial charge in [-0.3, -0.25) is 0 Å². The lowest BCUT2D eigenvalue weighted by Gasteiger charge is -2.25. The molecule has 18 heavy (non-hydrogen) atoms. The summed E-state index contributed by atoms with van der Waals surface area (Å²) in [6.45, 7) is 6.55. The number of anilines is 1. The van der Waals surface area contributed by atoms with Crippen molar-refractivity contribution in [1.82, 2.24) is 10.2 Å². The van der Waals surface area contributed by atoms with E-state index < -0.39 is 0 Å². The molecule has 1 aromatic carbocycles. The smallest absolute Gasteiger partial charge is 0.123 e. The van der Waals surface area contributed by atoms with Crippen molar-refractivity contribution in [2.24, 2.45) is 0 Å². The van der Waals surface area contributed by atoms with Gasteiger partial charge in [0.25, 0.3) is 0 Å². The van der Waals surface area contributed by atoms with Crippen LogP contribution in [0.25, 0.3) is 0 Å². The molecular formula is C14H22FN3. The van der Waals surface area contributed by atoms with Crippen LogP contribution >= 0.6 is 0 Å². The molecule has 4 heteroatoms. The van der Waals surface area contributed by atoms with Gasteiger partial charge < -0.3 is 15.1 Å². The highest BCUT2D eigenvalue weighted by Crippen LogP contribution is 2.12. The maximum Gasteiger partial charge on any atom is 0.123 e. The highest BCUT2D eigenvalue weighted by molar-refractivity contribution is 5.45. The molecule has 1 fully saturated rings. The third-order valence-electron chi connectivity index (χ3n) is 3.45. The van der Waals surface area contributed by atoms with E-state index in [1.54, 1.807) is 0 Å². The Bertz CT molecular complexity index is 345. The third kappa shape index (κ3) is 3.96. The molecule has 0 amide bonds. The molecule has 0 aromatic heterocycles. The molecule has 1 heterocycles. The molecule has 0 radical (unpaired) electrons. The average molecular weight is 251 g/mol. The molecule has 100 valence electrons. The van der Waals surface area contributed by atoms with Crippen molar-refractivity contribution in [2.75, 3.05) is 51.2 Å². The van der Waals surface area contributed by atoms with Gasteiger partial charge in [-0.1, -0.05) is 0 Å². The summed E-state index contributed by atoms with van der Waals surface area (Å²) in [6.07, 6.45) is 1.22. The van der Waals surface area contributed by atoms with Crippen LogP contribution in [0.3, 0.4) is 0 Å². The van der Waals surface area contributed by atoms with E-state index in [4.69, 9.17) is 0 Å². The van der Waals surface area contributed by atoms with Gasteiger partial charge in [0.05, 0.1) is 0 Å². The van der Waals surface area contributed by atoms with Crippen LogP contribution in [0.1, 0.15) is 6.42 Å². The molecule has 0 saturated carbocycles. The molecule has 3 nitrogen and oxygen atoms in total. The molecule has 0 unspecified atom stereocenters. The van der Waals surface area contributed by atoms with Crippen molar-refractivity contribution in [3.8, 4) is 0 Å². The standard InChI is InChI=1S/C14H22FN3/c1-17(14-5-3-13(15)4-6-14)11-12-18-9-2-7-16-8-10-18/h3-6,16H,2,7-12H2,1H3. The first kappa shape index (κ1) is 13.3. The lowest BCUT2D eigenvalue weighted by atomic mass is 10.3. The highest BCUT2D eigenvalue weighted by atomic mass is 19.1. The van der Waals surface area contributed by atoms with Gasteiger partial charge >= 0.3 is 0 Å². The monoisotopic (exact) mass is 251 g/mol. The maximum absolute atomic E-state index is 12.8. The fourth-order valence-corrected chi connectivity index (χ4v) is 2.24. The maximum atomic E-state index is 12.8. The van der Waals surface area contributed by atoms with Gasteiger partial charge in [0.1, 0.15) is 5.82 Å². The summed E-state index contributed by atoms with van der Waals surface area (Å²) in [5.74, 6) is -0.175. The first-order valence-corrected chi connectivity index (χ1v) is 6.65. The van der Waals surface area contributed by atoms with Crippen molar-refractivity contribution in [3.05, 3.63) is 30.1 Å². The normalized spacial score (nSPS) is 17.4. The quantitative estimate of drug-likeness (QED) is 0.876. The molecule has 1 aliphatic heterocycles. The average Bonchev–Trinajstić information content (AvgIpc) is 2.65. The number of nitrogens with one attached hydrogen (secondary N) is 1. The summed E-state index contributed by atoms with van der Waals surface area (Å²) in [5.41, 5.74) is 1.07. The molecule has 0 bridgehead atoms. The van der Waals surface area contributed by atoms with Crippen molar-refractivity contribution >= 4 is 5.69 Å². The summed E-state index contributed by atoms with van der Waals surface area (Å²) in [6, 6.07) is 6.70. The van der Waals surface area contributed by atoms with E-state index in [0.717, 1.165) is 38.4 Å². The van der Waals surface area contributed by atoms with E-state index in [1.165, 1.54) is 25.1 Å². The predicted octanol–water partition coefficient (Wildman–Crippen LogP) is 1.56. The molecule has 0 aliphatic carbocycles. The van der Waals surface area contributed by atoms with E-state index in [1.807, 2.05) is 12.1 Å². The van der Waals surface area contributed by atoms with Crippen molar-refractivity contribution in [1.29, 1.82) is 0 Å². The summed E-state index contributed by atoms with van der Waals surface area (Å²) >= 11 is 0. The van der Waals surface area contributed by atoms with Crippen molar-refractivity contribution < 1.29 is 4.39 Å². The topological polar surface area (TPSA) is 18.5 Å². The van der Waals surface area contributed by atoms with E-state index in [0.29, 0.717) is 0 Å². The van der Waals surface area contributed by atoms with Crippen LogP contribution in [0.2, 0.25) is 0 Å². The van der Waals surface area contributed by atoms with Gasteiger partial charge in [-0.2, -0.15) is 0 Å². The number of nitrogens with zero attached hydrogens (tertiary/aromatic N) is 2. The van der Waals surface area contributed by atoms with Crippen molar-refractivity contribution in [3.63, 3.8) is 0 Å². The van der Waals surface area contributed by atoms with E-state index >= 15 is 0 Å². The number of likely N-dealkylation sites (N-methyl/N-ethyl adjacent to an activating group) is 1. The Morgan fingerprint density at radius 1 is 1.22 bits per heavy atom. The molecule has 1 aromatic rings. The second-order valence-electron chi connectivity index (χ2n) is 4.84. The first-order valence-electron chi connectivity index (χ1n) is 6.65. The van der Waals surface area contributed by atoms with Crippen LogP contribution in [-0.4, -0.2) is 51.2 Å². The Kier molecular flexibility index (Phi) is 4.96. The Labute approximate surface area is 109 Å². The van der Waals surface area contributed by atoms with Gasteiger partial charge in [-0.25, -0.2) is 4.39 Å². The Morgan fingerprint density at radius 2 is 2.00 bits per heavy atom. The van der Waals surface area contributed by atoms with Gasteiger partial charge in [-0.15, -0.1) is 0 Å². The molecule has 1 aliphatic rings. The van der Waals surface area contributed by atoms with Gasteiger partial charge in [-0.05, 0) is 43.8 Å². The zero-order chi connectivity index (χ0) is 12.8. The van der Waals surface area contributed by atoms with Crippen LogP contribution in [-0.2, 0) is 0 Å². The summed E-state index contributed by atoms with van der Waals surface area (Å²) in [7, 11) is 2.06. The second-order valence-corrected chi connectivity index (χ2v) is 4.84. The summed E-state index contributed by atoms with van der Waals surface area (Å²) in [5, 5.41) is 3.41. The molecule has 1 saturated heterocycles. The predicted molar refractivity (Wildman–Crippen MR) is 73.6 cm³/mol. The molecule has 2 rings (SSSR count). The van der Waals surface area contributed by atoms with Crippen molar-refractivity contribution in [2.45, 2.75) is 6.42 Å². The van der Waals surface area contributed by atoms with E-state index in [9.17, 15) is 4.39 Å². The van der Waals surface area contributed by atoms with Crippen LogP contribution in [0, 0.1) is 5.82 Å². The third-order valence-corrected chi connectivity index (χ3v) is 3.45. The van der Waals surface area contributed by atoms with E-state index in [-0.39, 0.29) is 5.82 Å². The Hall–Kier alpha value is -1.13. The minimum Gasteiger partial charge on any atom is -0.373 e. The van der Waals surface area contributed by atoms with Crippen LogP contribution in [0.15, 0.2) is 24.3 Å². The molecular weight excluding hydrogens is 229 g/mol. The Morgan fingerprint density at radius 3 is 2.78 bits per heavy atom. The van der Waals surface area contributed by atoms with E-state index in [2.05, 4.69) is 22.2 Å². The zero-order valence-corrected chi connectivity index (χ0v) is 11.0. The second kappa shape index (κ2) is 6.71. The first-order chi connectivity index (χ1) is 8.75. The highest BCUT2D eigenvalue weighted by Gasteiger charge is 2.09. The van der Waals surface area contributed by atoms with Gasteiger partial charge in [0.15, 0.2) is 0 Å². The number of halogens is 1. The fraction of sp³-hybridized carbons (Fsp3) is 0.571. The lowest BCUT2D eigenvalue weighted by molar-refractivity contribution is 0.299. The zero-order valence-electron chi connectivity index (χ0n) is 11.0. The van der Waals surface area contributed by atoms with Crippen LogP contribution < -0.4 is 10.2 Å². The molecule has 0 atom stereocenters. The summed E-state index contributed by atoms with van der Waals surface area (Å²) in [4.78, 5) is 4.66. The largest absolute Gasteiger partial charge is 0.373 e. The minimum atomic E-state index is -0.175. The molecule has 1 N–H and O–H groups in total. The minimum absolute atomic E-state index is 0.175.